The lowest BCUT2D eigenvalue weighted by Crippen LogP contribution is -2.51. The number of esters is 1. The molecule has 0 amide bonds. The molecule has 1 fully saturated rings. The van der Waals surface area contributed by atoms with E-state index in [9.17, 15) is 4.79 Å². The quantitative estimate of drug-likeness (QED) is 0.765. The van der Waals surface area contributed by atoms with Crippen molar-refractivity contribution in [1.82, 2.24) is 10.2 Å². The Hall–Kier alpha value is -0.610. The average molecular weight is 298 g/mol. The molecular formula is C17H34N2O2. The van der Waals surface area contributed by atoms with Crippen LogP contribution in [-0.4, -0.2) is 50.2 Å². The highest BCUT2D eigenvalue weighted by Gasteiger charge is 2.29. The maximum absolute atomic E-state index is 11.6. The van der Waals surface area contributed by atoms with Crippen LogP contribution in [0.2, 0.25) is 0 Å². The van der Waals surface area contributed by atoms with Gasteiger partial charge in [0.15, 0.2) is 0 Å². The van der Waals surface area contributed by atoms with Gasteiger partial charge < -0.3 is 15.0 Å². The molecule has 2 atom stereocenters. The van der Waals surface area contributed by atoms with Crippen molar-refractivity contribution in [1.29, 1.82) is 0 Å². The van der Waals surface area contributed by atoms with Crippen LogP contribution >= 0.6 is 0 Å². The van der Waals surface area contributed by atoms with Crippen LogP contribution in [0.15, 0.2) is 0 Å². The van der Waals surface area contributed by atoms with Crippen molar-refractivity contribution in [3.05, 3.63) is 0 Å². The minimum absolute atomic E-state index is 0.0824. The van der Waals surface area contributed by atoms with Gasteiger partial charge in [0.05, 0.1) is 7.11 Å². The van der Waals surface area contributed by atoms with E-state index in [1.54, 1.807) is 0 Å². The molecule has 0 saturated carbocycles. The summed E-state index contributed by atoms with van der Waals surface area (Å²) >= 11 is 0. The molecule has 1 N–H and O–H groups in total. The van der Waals surface area contributed by atoms with Gasteiger partial charge in [-0.2, -0.15) is 0 Å². The van der Waals surface area contributed by atoms with Crippen LogP contribution < -0.4 is 5.32 Å². The standard InChI is InChI=1S/C17H34N2O2/c1-13(2)9-19-10-14(8-16(20)21-6)7-15(11-19)18-12-17(3,4)5/h13-15,18H,7-12H2,1-6H3. The van der Waals surface area contributed by atoms with Gasteiger partial charge in [0.2, 0.25) is 0 Å². The number of likely N-dealkylation sites (tertiary alicyclic amines) is 1. The first-order chi connectivity index (χ1) is 9.69. The van der Waals surface area contributed by atoms with E-state index in [1.807, 2.05) is 0 Å². The molecule has 0 bridgehead atoms. The number of hydrogen-bond acceptors (Lipinski definition) is 4. The Morgan fingerprint density at radius 3 is 2.52 bits per heavy atom. The highest BCUT2D eigenvalue weighted by molar-refractivity contribution is 5.69. The van der Waals surface area contributed by atoms with E-state index in [-0.39, 0.29) is 11.4 Å². The molecular weight excluding hydrogens is 264 g/mol. The first-order valence-corrected chi connectivity index (χ1v) is 8.22. The Balaban J connectivity index is 2.58. The van der Waals surface area contributed by atoms with Crippen LogP contribution in [-0.2, 0) is 9.53 Å². The maximum atomic E-state index is 11.6. The monoisotopic (exact) mass is 298 g/mol. The highest BCUT2D eigenvalue weighted by atomic mass is 16.5. The Labute approximate surface area is 130 Å². The number of hydrogen-bond donors (Lipinski definition) is 1. The van der Waals surface area contributed by atoms with Gasteiger partial charge in [-0.25, -0.2) is 0 Å². The van der Waals surface area contributed by atoms with Crippen molar-refractivity contribution in [2.45, 2.75) is 53.5 Å². The lowest BCUT2D eigenvalue weighted by atomic mass is 9.89. The van der Waals surface area contributed by atoms with Gasteiger partial charge in [-0.1, -0.05) is 34.6 Å². The highest BCUT2D eigenvalue weighted by Crippen LogP contribution is 2.22. The number of carbonyl (C=O) groups is 1. The SMILES string of the molecule is COC(=O)CC1CC(NCC(C)(C)C)CN(CC(C)C)C1. The van der Waals surface area contributed by atoms with Gasteiger partial charge in [-0.3, -0.25) is 4.79 Å². The molecule has 0 radical (unpaired) electrons. The van der Waals surface area contributed by atoms with E-state index in [2.05, 4.69) is 44.8 Å². The third-order valence-electron chi connectivity index (χ3n) is 3.84. The van der Waals surface area contributed by atoms with Gasteiger partial charge in [0.1, 0.15) is 0 Å². The normalized spacial score (nSPS) is 24.3. The predicted octanol–water partition coefficient (Wildman–Crippen LogP) is 2.53. The van der Waals surface area contributed by atoms with E-state index in [1.165, 1.54) is 7.11 Å². The van der Waals surface area contributed by atoms with Gasteiger partial charge in [-0.15, -0.1) is 0 Å². The van der Waals surface area contributed by atoms with E-state index in [4.69, 9.17) is 4.74 Å². The topological polar surface area (TPSA) is 41.6 Å². The molecule has 0 spiro atoms. The van der Waals surface area contributed by atoms with E-state index in [0.717, 1.165) is 32.6 Å². The van der Waals surface area contributed by atoms with E-state index >= 15 is 0 Å². The van der Waals surface area contributed by atoms with Crippen molar-refractivity contribution < 1.29 is 9.53 Å². The minimum atomic E-state index is -0.0824. The first kappa shape index (κ1) is 18.4. The molecule has 1 rings (SSSR count). The van der Waals surface area contributed by atoms with E-state index in [0.29, 0.717) is 24.3 Å². The number of piperidine rings is 1. The summed E-state index contributed by atoms with van der Waals surface area (Å²) in [5, 5.41) is 3.69. The molecule has 1 saturated heterocycles. The first-order valence-electron chi connectivity index (χ1n) is 8.22. The Morgan fingerprint density at radius 1 is 1.33 bits per heavy atom. The van der Waals surface area contributed by atoms with E-state index < -0.39 is 0 Å². The van der Waals surface area contributed by atoms with Crippen LogP contribution in [0, 0.1) is 17.3 Å². The number of rotatable bonds is 6. The fraction of sp³-hybridized carbons (Fsp3) is 0.941. The number of carbonyl (C=O) groups excluding carboxylic acids is 1. The molecule has 4 nitrogen and oxygen atoms in total. The van der Waals surface area contributed by atoms with Gasteiger partial charge in [0, 0.05) is 38.6 Å². The zero-order valence-electron chi connectivity index (χ0n) is 14.7. The van der Waals surface area contributed by atoms with Gasteiger partial charge >= 0.3 is 5.97 Å². The maximum Gasteiger partial charge on any atom is 0.305 e. The summed E-state index contributed by atoms with van der Waals surface area (Å²) in [5.74, 6) is 0.980. The van der Waals surface area contributed by atoms with Crippen LogP contribution in [0.3, 0.4) is 0 Å². The average Bonchev–Trinajstić information content (AvgIpc) is 2.34. The van der Waals surface area contributed by atoms with Crippen LogP contribution in [0.1, 0.15) is 47.5 Å². The lowest BCUT2D eigenvalue weighted by molar-refractivity contribution is -0.142. The molecule has 1 aliphatic rings. The van der Waals surface area contributed by atoms with Gasteiger partial charge in [0.25, 0.3) is 0 Å². The molecule has 1 heterocycles. The molecule has 0 aromatic rings. The zero-order chi connectivity index (χ0) is 16.0. The van der Waals surface area contributed by atoms with Crippen molar-refractivity contribution >= 4 is 5.97 Å². The molecule has 124 valence electrons. The summed E-state index contributed by atoms with van der Waals surface area (Å²) in [5.41, 5.74) is 0.290. The Bertz CT molecular complexity index is 323. The summed E-state index contributed by atoms with van der Waals surface area (Å²) < 4.78 is 4.84. The van der Waals surface area contributed by atoms with Crippen LogP contribution in [0.5, 0.6) is 0 Å². The Morgan fingerprint density at radius 2 is 2.00 bits per heavy atom. The molecule has 0 aliphatic carbocycles. The second-order valence-electron chi connectivity index (χ2n) is 8.13. The van der Waals surface area contributed by atoms with Gasteiger partial charge in [-0.05, 0) is 23.7 Å². The number of nitrogens with one attached hydrogen (secondary N) is 1. The third-order valence-corrected chi connectivity index (χ3v) is 3.84. The molecule has 1 aliphatic heterocycles. The number of ether oxygens (including phenoxy) is 1. The molecule has 2 unspecified atom stereocenters. The molecule has 21 heavy (non-hydrogen) atoms. The summed E-state index contributed by atoms with van der Waals surface area (Å²) in [6, 6.07) is 0.478. The van der Waals surface area contributed by atoms with Crippen LogP contribution in [0.25, 0.3) is 0 Å². The summed E-state index contributed by atoms with van der Waals surface area (Å²) in [6.07, 6.45) is 1.61. The molecule has 4 heteroatoms. The fourth-order valence-corrected chi connectivity index (χ4v) is 3.03. The van der Waals surface area contributed by atoms with Crippen molar-refractivity contribution in [3.8, 4) is 0 Å². The molecule has 0 aromatic heterocycles. The minimum Gasteiger partial charge on any atom is -0.469 e. The largest absolute Gasteiger partial charge is 0.469 e. The van der Waals surface area contributed by atoms with Crippen molar-refractivity contribution in [2.24, 2.45) is 17.3 Å². The van der Waals surface area contributed by atoms with Crippen LogP contribution in [0.4, 0.5) is 0 Å². The molecule has 0 aromatic carbocycles. The second-order valence-corrected chi connectivity index (χ2v) is 8.13. The fourth-order valence-electron chi connectivity index (χ4n) is 3.03. The summed E-state index contributed by atoms with van der Waals surface area (Å²) in [7, 11) is 1.48. The predicted molar refractivity (Wildman–Crippen MR) is 87.3 cm³/mol. The second kappa shape index (κ2) is 8.14. The number of nitrogens with zero attached hydrogens (tertiary/aromatic N) is 1. The summed E-state index contributed by atoms with van der Waals surface area (Å²) in [4.78, 5) is 14.1. The smallest absolute Gasteiger partial charge is 0.305 e. The Kier molecular flexibility index (Phi) is 7.14. The lowest BCUT2D eigenvalue weighted by Gasteiger charge is -2.39. The summed E-state index contributed by atoms with van der Waals surface area (Å²) in [6.45, 7) is 15.5. The third kappa shape index (κ3) is 7.82. The van der Waals surface area contributed by atoms with Crippen molar-refractivity contribution in [2.75, 3.05) is 33.3 Å². The van der Waals surface area contributed by atoms with Crippen molar-refractivity contribution in [3.63, 3.8) is 0 Å². The zero-order valence-corrected chi connectivity index (χ0v) is 14.7. The number of methoxy groups -OCH3 is 1.